The molecule has 8 heteroatoms. The molecule has 0 bridgehead atoms. The Morgan fingerprint density at radius 3 is 3.00 bits per heavy atom. The van der Waals surface area contributed by atoms with Crippen LogP contribution in [0.25, 0.3) is 0 Å². The normalized spacial score (nSPS) is 17.7. The van der Waals surface area contributed by atoms with Crippen molar-refractivity contribution in [1.29, 1.82) is 0 Å². The van der Waals surface area contributed by atoms with Crippen molar-refractivity contribution in [2.75, 3.05) is 5.75 Å². The van der Waals surface area contributed by atoms with Crippen LogP contribution in [0.1, 0.15) is 5.56 Å². The molecule has 18 heavy (non-hydrogen) atoms. The van der Waals surface area contributed by atoms with Crippen molar-refractivity contribution in [1.82, 2.24) is 5.32 Å². The van der Waals surface area contributed by atoms with Crippen molar-refractivity contribution in [3.8, 4) is 0 Å². The van der Waals surface area contributed by atoms with Crippen LogP contribution < -0.4 is 5.32 Å². The van der Waals surface area contributed by atoms with E-state index in [1.54, 1.807) is 0 Å². The first kappa shape index (κ1) is 13.9. The minimum atomic E-state index is -0.333. The molecule has 4 nitrogen and oxygen atoms in total. The van der Waals surface area contributed by atoms with Crippen LogP contribution in [0.4, 0.5) is 4.39 Å². The first-order valence-electron chi connectivity index (χ1n) is 4.74. The molecule has 0 unspecified atom stereocenters. The fourth-order valence-corrected chi connectivity index (χ4v) is 2.76. The Kier molecular flexibility index (Phi) is 4.73. The van der Waals surface area contributed by atoms with Crippen LogP contribution in [0.15, 0.2) is 26.8 Å². The number of benzene rings is 1. The predicted octanol–water partition coefficient (Wildman–Crippen LogP) is 2.75. The molecule has 1 aliphatic rings. The van der Waals surface area contributed by atoms with Gasteiger partial charge in [0.1, 0.15) is 5.82 Å². The molecule has 1 heterocycles. The van der Waals surface area contributed by atoms with E-state index in [1.165, 1.54) is 30.1 Å². The molecule has 1 aliphatic heterocycles. The average Bonchev–Trinajstić information content (AvgIpc) is 2.71. The highest BCUT2D eigenvalue weighted by atomic mass is 127. The second kappa shape index (κ2) is 6.11. The van der Waals surface area contributed by atoms with Crippen molar-refractivity contribution >= 4 is 67.6 Å². The number of thioether (sulfide) groups is 1. The van der Waals surface area contributed by atoms with Gasteiger partial charge in [0, 0.05) is 13.6 Å². The number of nitrogens with zero attached hydrogens (tertiary/aromatic N) is 2. The molecule has 0 saturated carbocycles. The summed E-state index contributed by atoms with van der Waals surface area (Å²) in [7, 11) is 0. The number of hydrogen-bond acceptors (Lipinski definition) is 4. The minimum Gasteiger partial charge on any atom is -0.303 e. The lowest BCUT2D eigenvalue weighted by atomic mass is 10.2. The molecule has 1 aromatic carbocycles. The van der Waals surface area contributed by atoms with Crippen LogP contribution in [0.3, 0.4) is 0 Å². The summed E-state index contributed by atoms with van der Waals surface area (Å²) in [6, 6.07) is 2.78. The van der Waals surface area contributed by atoms with E-state index in [4.69, 9.17) is 0 Å². The molecule has 0 radical (unpaired) electrons. The van der Waals surface area contributed by atoms with Gasteiger partial charge in [-0.15, -0.1) is 5.10 Å². The van der Waals surface area contributed by atoms with Gasteiger partial charge < -0.3 is 5.32 Å². The van der Waals surface area contributed by atoms with E-state index in [-0.39, 0.29) is 11.7 Å². The monoisotopic (exact) mass is 441 g/mol. The van der Waals surface area contributed by atoms with Gasteiger partial charge in [-0.05, 0) is 50.7 Å². The summed E-state index contributed by atoms with van der Waals surface area (Å²) in [5.41, 5.74) is 0.595. The van der Waals surface area contributed by atoms with Crippen molar-refractivity contribution < 1.29 is 9.18 Å². The highest BCUT2D eigenvalue weighted by Gasteiger charge is 2.15. The molecule has 0 aromatic heterocycles. The molecule has 1 N–H and O–H groups in total. The fourth-order valence-electron chi connectivity index (χ4n) is 1.19. The summed E-state index contributed by atoms with van der Waals surface area (Å²) in [5, 5.41) is 10.7. The minimum absolute atomic E-state index is 0.0876. The summed E-state index contributed by atoms with van der Waals surface area (Å²) in [6.45, 7) is 0. The second-order valence-electron chi connectivity index (χ2n) is 3.28. The number of rotatable bonds is 2. The molecule has 1 saturated heterocycles. The Bertz CT molecular complexity index is 564. The average molecular weight is 442 g/mol. The molecule has 1 fully saturated rings. The summed E-state index contributed by atoms with van der Waals surface area (Å²) < 4.78 is 14.7. The van der Waals surface area contributed by atoms with Crippen molar-refractivity contribution in [3.63, 3.8) is 0 Å². The molecule has 0 spiro atoms. The molecular formula is C10H6BrFIN3OS. The first-order chi connectivity index (χ1) is 8.56. The van der Waals surface area contributed by atoms with E-state index in [0.717, 1.165) is 8.04 Å². The lowest BCUT2D eigenvalue weighted by molar-refractivity contribution is -0.116. The Balaban J connectivity index is 2.17. The van der Waals surface area contributed by atoms with Gasteiger partial charge in [0.2, 0.25) is 5.91 Å². The standard InChI is InChI=1S/C10H6BrFIN3OS/c11-9-5(1-6(12)2-7(9)13)3-14-16-10-15-8(17)4-18-10/h1-3H,4H2,(H,15,16,17). The summed E-state index contributed by atoms with van der Waals surface area (Å²) >= 11 is 6.66. The van der Waals surface area contributed by atoms with Crippen LogP contribution in [0, 0.1) is 9.39 Å². The van der Waals surface area contributed by atoms with Crippen molar-refractivity contribution in [2.45, 2.75) is 0 Å². The topological polar surface area (TPSA) is 53.8 Å². The Morgan fingerprint density at radius 2 is 2.33 bits per heavy atom. The SMILES string of the molecule is O=C1CSC(=NN=Cc2cc(F)cc(I)c2Br)N1. The van der Waals surface area contributed by atoms with E-state index in [9.17, 15) is 9.18 Å². The lowest BCUT2D eigenvalue weighted by Gasteiger charge is -2.00. The maximum absolute atomic E-state index is 13.2. The maximum Gasteiger partial charge on any atom is 0.236 e. The Morgan fingerprint density at radius 1 is 1.56 bits per heavy atom. The Hall–Kier alpha value is -0.480. The van der Waals surface area contributed by atoms with E-state index in [2.05, 4.69) is 31.4 Å². The molecule has 94 valence electrons. The van der Waals surface area contributed by atoms with E-state index in [0.29, 0.717) is 16.5 Å². The van der Waals surface area contributed by atoms with Gasteiger partial charge >= 0.3 is 0 Å². The third-order valence-electron chi connectivity index (χ3n) is 1.95. The summed E-state index contributed by atoms with van der Waals surface area (Å²) in [4.78, 5) is 10.9. The van der Waals surface area contributed by atoms with E-state index < -0.39 is 0 Å². The number of carbonyl (C=O) groups excluding carboxylic acids is 1. The van der Waals surface area contributed by atoms with E-state index >= 15 is 0 Å². The van der Waals surface area contributed by atoms with Gasteiger partial charge in [-0.2, -0.15) is 5.10 Å². The third kappa shape index (κ3) is 3.51. The van der Waals surface area contributed by atoms with Crippen LogP contribution in [0.5, 0.6) is 0 Å². The van der Waals surface area contributed by atoms with Gasteiger partial charge in [0.25, 0.3) is 0 Å². The third-order valence-corrected chi connectivity index (χ3v) is 5.29. The van der Waals surface area contributed by atoms with Crippen molar-refractivity contribution in [2.24, 2.45) is 10.2 Å². The highest BCUT2D eigenvalue weighted by Crippen LogP contribution is 2.23. The van der Waals surface area contributed by atoms with Crippen LogP contribution >= 0.6 is 50.3 Å². The first-order valence-corrected chi connectivity index (χ1v) is 7.60. The van der Waals surface area contributed by atoms with E-state index in [1.807, 2.05) is 22.6 Å². The molecule has 0 atom stereocenters. The fraction of sp³-hybridized carbons (Fsp3) is 0.100. The van der Waals surface area contributed by atoms with Crippen molar-refractivity contribution in [3.05, 3.63) is 31.6 Å². The molecule has 0 aliphatic carbocycles. The second-order valence-corrected chi connectivity index (χ2v) is 6.20. The highest BCUT2D eigenvalue weighted by molar-refractivity contribution is 14.1. The van der Waals surface area contributed by atoms with Crippen LogP contribution in [0.2, 0.25) is 0 Å². The molecular weight excluding hydrogens is 436 g/mol. The van der Waals surface area contributed by atoms with Crippen LogP contribution in [-0.2, 0) is 4.79 Å². The maximum atomic E-state index is 13.2. The zero-order valence-electron chi connectivity index (χ0n) is 8.78. The largest absolute Gasteiger partial charge is 0.303 e. The zero-order valence-corrected chi connectivity index (χ0v) is 13.3. The van der Waals surface area contributed by atoms with Gasteiger partial charge in [-0.1, -0.05) is 11.8 Å². The number of halogens is 3. The predicted molar refractivity (Wildman–Crippen MR) is 82.4 cm³/mol. The van der Waals surface area contributed by atoms with Crippen LogP contribution in [-0.4, -0.2) is 23.0 Å². The smallest absolute Gasteiger partial charge is 0.236 e. The number of nitrogens with one attached hydrogen (secondary N) is 1. The molecule has 2 rings (SSSR count). The quantitative estimate of drug-likeness (QED) is 0.332. The summed E-state index contributed by atoms with van der Waals surface area (Å²) in [6.07, 6.45) is 1.44. The van der Waals surface area contributed by atoms with Gasteiger partial charge in [0.15, 0.2) is 5.17 Å². The number of amides is 1. The zero-order chi connectivity index (χ0) is 13.1. The van der Waals surface area contributed by atoms with Gasteiger partial charge in [-0.25, -0.2) is 4.39 Å². The number of carbonyl (C=O) groups is 1. The van der Waals surface area contributed by atoms with Gasteiger partial charge in [-0.3, -0.25) is 4.79 Å². The lowest BCUT2D eigenvalue weighted by Crippen LogP contribution is -2.19. The summed E-state index contributed by atoms with van der Waals surface area (Å²) in [5.74, 6) is -0.0636. The molecule has 1 aromatic rings. The Labute approximate surface area is 129 Å². The molecule has 1 amide bonds. The number of hydrogen-bond donors (Lipinski definition) is 1. The van der Waals surface area contributed by atoms with Gasteiger partial charge in [0.05, 0.1) is 12.0 Å². The number of amidine groups is 1.